The van der Waals surface area contributed by atoms with Gasteiger partial charge < -0.3 is 24.9 Å². The van der Waals surface area contributed by atoms with Gasteiger partial charge in [-0.15, -0.1) is 0 Å². The number of hydrogen-bond donors (Lipinski definition) is 2. The summed E-state index contributed by atoms with van der Waals surface area (Å²) in [6, 6.07) is 23.0. The smallest absolute Gasteiger partial charge is 0.344 e. The lowest BCUT2D eigenvalue weighted by Gasteiger charge is -2.31. The molecular weight excluding hydrogens is 486 g/mol. The van der Waals surface area contributed by atoms with Crippen molar-refractivity contribution in [2.24, 2.45) is 5.73 Å². The number of amides is 1. The molecule has 0 aliphatic heterocycles. The first-order valence-corrected chi connectivity index (χ1v) is 11.8. The molecule has 3 N–H and O–H groups in total. The third-order valence-corrected chi connectivity index (χ3v) is 6.28. The number of ether oxygens (including phenoxy) is 2. The van der Waals surface area contributed by atoms with E-state index in [1.165, 1.54) is 7.11 Å². The molecule has 0 fully saturated rings. The van der Waals surface area contributed by atoms with E-state index in [2.05, 4.69) is 5.32 Å². The molecule has 4 rings (SSSR count). The van der Waals surface area contributed by atoms with Crippen molar-refractivity contribution in [1.82, 2.24) is 4.40 Å². The molecule has 9 nitrogen and oxygen atoms in total. The normalized spacial score (nSPS) is 12.4. The number of rotatable bonds is 10. The van der Waals surface area contributed by atoms with Crippen LogP contribution in [0.1, 0.15) is 27.0 Å². The Balaban J connectivity index is 1.86. The highest BCUT2D eigenvalue weighted by Gasteiger charge is 2.50. The van der Waals surface area contributed by atoms with Gasteiger partial charge in [-0.2, -0.15) is 0 Å². The number of aromatic nitrogens is 1. The topological polar surface area (TPSA) is 129 Å². The molecule has 2 aromatic heterocycles. The first-order valence-electron chi connectivity index (χ1n) is 11.8. The lowest BCUT2D eigenvalue weighted by molar-refractivity contribution is -0.162. The molecule has 38 heavy (non-hydrogen) atoms. The second-order valence-electron chi connectivity index (χ2n) is 8.74. The molecule has 0 spiro atoms. The van der Waals surface area contributed by atoms with Crippen LogP contribution >= 0.6 is 0 Å². The van der Waals surface area contributed by atoms with Crippen molar-refractivity contribution in [3.05, 3.63) is 107 Å². The van der Waals surface area contributed by atoms with Gasteiger partial charge in [0.2, 0.25) is 5.54 Å². The number of fused-ring (bicyclic) bond motifs is 1. The molecule has 2 aromatic carbocycles. The van der Waals surface area contributed by atoms with Gasteiger partial charge in [0.1, 0.15) is 12.4 Å². The molecule has 9 heteroatoms. The largest absolute Gasteiger partial charge is 0.467 e. The number of carbonyl (C=O) groups is 4. The van der Waals surface area contributed by atoms with Crippen LogP contribution in [0.3, 0.4) is 0 Å². The van der Waals surface area contributed by atoms with Gasteiger partial charge in [0.25, 0.3) is 11.7 Å². The predicted octanol–water partition coefficient (Wildman–Crippen LogP) is 3.23. The van der Waals surface area contributed by atoms with E-state index in [1.807, 2.05) is 24.3 Å². The van der Waals surface area contributed by atoms with Crippen LogP contribution in [0, 0.1) is 6.92 Å². The Morgan fingerprint density at radius 2 is 1.47 bits per heavy atom. The molecule has 2 heterocycles. The summed E-state index contributed by atoms with van der Waals surface area (Å²) in [5.74, 6) is -3.53. The molecule has 194 valence electrons. The second kappa shape index (κ2) is 11.0. The molecule has 0 aliphatic rings. The van der Waals surface area contributed by atoms with E-state index in [9.17, 15) is 19.2 Å². The molecule has 0 radical (unpaired) electrons. The van der Waals surface area contributed by atoms with Crippen LogP contribution in [0.4, 0.5) is 5.82 Å². The van der Waals surface area contributed by atoms with Gasteiger partial charge in [-0.1, -0.05) is 66.7 Å². The highest BCUT2D eigenvalue weighted by atomic mass is 16.6. The van der Waals surface area contributed by atoms with E-state index in [0.717, 1.165) is 5.56 Å². The summed E-state index contributed by atoms with van der Waals surface area (Å²) in [6.07, 6.45) is 1.52. The molecule has 0 bridgehead atoms. The number of esters is 2. The quantitative estimate of drug-likeness (QED) is 0.144. The van der Waals surface area contributed by atoms with Gasteiger partial charge in [0, 0.05) is 18.2 Å². The summed E-state index contributed by atoms with van der Waals surface area (Å²) in [4.78, 5) is 51.8. The zero-order valence-electron chi connectivity index (χ0n) is 21.0. The highest BCUT2D eigenvalue weighted by molar-refractivity contribution is 6.44. The number of benzene rings is 2. The van der Waals surface area contributed by atoms with Gasteiger partial charge in [-0.05, 0) is 30.2 Å². The van der Waals surface area contributed by atoms with Crippen LogP contribution in [-0.2, 0) is 36.9 Å². The fourth-order valence-electron chi connectivity index (χ4n) is 4.40. The minimum Gasteiger partial charge on any atom is -0.467 e. The van der Waals surface area contributed by atoms with Crippen LogP contribution < -0.4 is 11.1 Å². The Morgan fingerprint density at radius 3 is 2.08 bits per heavy atom. The van der Waals surface area contributed by atoms with Gasteiger partial charge in [0.05, 0.1) is 18.2 Å². The zero-order chi connectivity index (χ0) is 27.3. The van der Waals surface area contributed by atoms with E-state index in [-0.39, 0.29) is 24.4 Å². The molecular formula is C29H27N3O6. The maximum Gasteiger partial charge on any atom is 0.344 e. The van der Waals surface area contributed by atoms with E-state index in [1.54, 1.807) is 72.1 Å². The van der Waals surface area contributed by atoms with Crippen LogP contribution in [0.15, 0.2) is 85.1 Å². The fraction of sp³-hybridized carbons (Fsp3) is 0.172. The average molecular weight is 514 g/mol. The lowest BCUT2D eigenvalue weighted by atomic mass is 9.90. The zero-order valence-corrected chi connectivity index (χ0v) is 21.0. The number of nitrogens with two attached hydrogens (primary N) is 1. The Kier molecular flexibility index (Phi) is 7.57. The maximum absolute atomic E-state index is 13.8. The predicted molar refractivity (Wildman–Crippen MR) is 140 cm³/mol. The standard InChI is InChI=1S/C29H27N3O6/c1-19-23(24(33)25(30)34)22-15-9-10-16-32(22)26(19)31-29(27(35)37-2,17-20-11-5-3-6-12-20)28(36)38-18-21-13-7-4-8-14-21/h3-16,31H,17-18H2,1-2H3,(H2,30,34). The lowest BCUT2D eigenvalue weighted by Crippen LogP contribution is -2.57. The van der Waals surface area contributed by atoms with Crippen LogP contribution in [-0.4, -0.2) is 40.7 Å². The van der Waals surface area contributed by atoms with Crippen molar-refractivity contribution in [2.45, 2.75) is 25.5 Å². The minimum atomic E-state index is -2.03. The molecule has 0 saturated carbocycles. The van der Waals surface area contributed by atoms with Gasteiger partial charge in [-0.3, -0.25) is 9.59 Å². The number of carbonyl (C=O) groups excluding carboxylic acids is 4. The van der Waals surface area contributed by atoms with Crippen molar-refractivity contribution in [1.29, 1.82) is 0 Å². The van der Waals surface area contributed by atoms with Crippen LogP contribution in [0.2, 0.25) is 0 Å². The Labute approximate surface area is 219 Å². The number of nitrogens with one attached hydrogen (secondary N) is 1. The first-order chi connectivity index (χ1) is 18.3. The Bertz CT molecular complexity index is 1500. The number of primary amides is 1. The number of nitrogens with zero attached hydrogens (tertiary/aromatic N) is 1. The minimum absolute atomic E-state index is 0.0664. The first kappa shape index (κ1) is 26.2. The molecule has 0 saturated heterocycles. The van der Waals surface area contributed by atoms with Gasteiger partial charge in [-0.25, -0.2) is 9.59 Å². The number of pyridine rings is 1. The van der Waals surface area contributed by atoms with Crippen molar-refractivity contribution in [3.63, 3.8) is 0 Å². The monoisotopic (exact) mass is 513 g/mol. The molecule has 1 atom stereocenters. The fourth-order valence-corrected chi connectivity index (χ4v) is 4.40. The summed E-state index contributed by atoms with van der Waals surface area (Å²) in [7, 11) is 1.18. The van der Waals surface area contributed by atoms with E-state index >= 15 is 0 Å². The van der Waals surface area contributed by atoms with E-state index < -0.39 is 29.2 Å². The molecule has 0 aliphatic carbocycles. The number of methoxy groups -OCH3 is 1. The summed E-state index contributed by atoms with van der Waals surface area (Å²) >= 11 is 0. The third kappa shape index (κ3) is 4.99. The summed E-state index contributed by atoms with van der Waals surface area (Å²) in [5, 5.41) is 3.06. The third-order valence-electron chi connectivity index (χ3n) is 6.28. The average Bonchev–Trinajstić information content (AvgIpc) is 3.21. The van der Waals surface area contributed by atoms with Crippen molar-refractivity contribution < 1.29 is 28.7 Å². The van der Waals surface area contributed by atoms with Crippen LogP contribution in [0.25, 0.3) is 5.52 Å². The van der Waals surface area contributed by atoms with Crippen molar-refractivity contribution in [2.75, 3.05) is 12.4 Å². The number of anilines is 1. The van der Waals surface area contributed by atoms with Crippen molar-refractivity contribution in [3.8, 4) is 0 Å². The molecule has 4 aromatic rings. The van der Waals surface area contributed by atoms with Crippen LogP contribution in [0.5, 0.6) is 0 Å². The molecule has 1 amide bonds. The number of hydrogen-bond acceptors (Lipinski definition) is 7. The van der Waals surface area contributed by atoms with E-state index in [0.29, 0.717) is 16.6 Å². The number of ketones is 1. The van der Waals surface area contributed by atoms with Gasteiger partial charge >= 0.3 is 11.9 Å². The Hall–Kier alpha value is -4.92. The van der Waals surface area contributed by atoms with E-state index in [4.69, 9.17) is 15.2 Å². The molecule has 1 unspecified atom stereocenters. The second-order valence-corrected chi connectivity index (χ2v) is 8.74. The maximum atomic E-state index is 13.8. The van der Waals surface area contributed by atoms with Gasteiger partial charge in [0.15, 0.2) is 0 Å². The SMILES string of the molecule is COC(=O)C(Cc1ccccc1)(Nc1c(C)c(C(=O)C(N)=O)c2ccccn12)C(=O)OCc1ccccc1. The van der Waals surface area contributed by atoms with Crippen molar-refractivity contribution >= 4 is 35.0 Å². The highest BCUT2D eigenvalue weighted by Crippen LogP contribution is 2.32. The Morgan fingerprint density at radius 1 is 0.868 bits per heavy atom. The summed E-state index contributed by atoms with van der Waals surface area (Å²) in [6.45, 7) is 1.53. The number of Topliss-reactive ketones (excluding diaryl/α,β-unsaturated/α-hetero) is 1. The summed E-state index contributed by atoms with van der Waals surface area (Å²) < 4.78 is 12.4. The summed E-state index contributed by atoms with van der Waals surface area (Å²) in [5.41, 5.74) is 5.45.